The quantitative estimate of drug-likeness (QED) is 0.707. The molecule has 0 spiro atoms. The number of hydrogen-bond donors (Lipinski definition) is 1. The third-order valence-corrected chi connectivity index (χ3v) is 4.30. The Hall–Kier alpha value is -0.750. The number of carbonyl (C=O) groups is 1. The summed E-state index contributed by atoms with van der Waals surface area (Å²) in [6.45, 7) is 2.77. The third-order valence-electron chi connectivity index (χ3n) is 3.06. The van der Waals surface area contributed by atoms with Gasteiger partial charge >= 0.3 is 0 Å². The van der Waals surface area contributed by atoms with Crippen LogP contribution in [0.25, 0.3) is 0 Å². The van der Waals surface area contributed by atoms with Gasteiger partial charge in [-0.1, -0.05) is 18.5 Å². The monoisotopic (exact) mass is 331 g/mol. The Bertz CT molecular complexity index is 423. The summed E-state index contributed by atoms with van der Waals surface area (Å²) in [5.74, 6) is 0.693. The molecule has 1 N–H and O–H groups in total. The number of carbonyl (C=O) groups excluding carboxylic acids is 1. The van der Waals surface area contributed by atoms with Gasteiger partial charge in [0.05, 0.1) is 6.61 Å². The SMILES string of the molecule is CC[C@@H](OC)C(=O)N(CCO)CCSc1ccc(Cl)cc1. The minimum atomic E-state index is -0.433. The third kappa shape index (κ3) is 6.26. The summed E-state index contributed by atoms with van der Waals surface area (Å²) in [5.41, 5.74) is 0. The fraction of sp³-hybridized carbons (Fsp3) is 0.533. The standard InChI is InChI=1S/C15H22ClNO3S/c1-3-14(20-2)15(19)17(8-10-18)9-11-21-13-6-4-12(16)5-7-13/h4-7,14,18H,3,8-11H2,1-2H3/t14-/m1/s1. The fourth-order valence-electron chi connectivity index (χ4n) is 1.90. The number of aliphatic hydroxyl groups excluding tert-OH is 1. The molecule has 1 aromatic rings. The van der Waals surface area contributed by atoms with Gasteiger partial charge in [0.2, 0.25) is 0 Å². The molecule has 4 nitrogen and oxygen atoms in total. The molecular formula is C15H22ClNO3S. The molecule has 0 saturated heterocycles. The van der Waals surface area contributed by atoms with E-state index in [1.165, 1.54) is 7.11 Å². The van der Waals surface area contributed by atoms with Gasteiger partial charge in [0, 0.05) is 35.9 Å². The van der Waals surface area contributed by atoms with Crippen LogP contribution in [0.3, 0.4) is 0 Å². The van der Waals surface area contributed by atoms with Gasteiger partial charge in [-0.2, -0.15) is 0 Å². The molecule has 1 amide bonds. The van der Waals surface area contributed by atoms with Crippen molar-refractivity contribution in [2.45, 2.75) is 24.3 Å². The lowest BCUT2D eigenvalue weighted by atomic mass is 10.2. The van der Waals surface area contributed by atoms with Crippen LogP contribution < -0.4 is 0 Å². The molecule has 21 heavy (non-hydrogen) atoms. The number of methoxy groups -OCH3 is 1. The predicted octanol–water partition coefficient (Wildman–Crippen LogP) is 2.68. The molecule has 0 fully saturated rings. The van der Waals surface area contributed by atoms with Gasteiger partial charge in [0.1, 0.15) is 6.10 Å². The molecule has 0 heterocycles. The van der Waals surface area contributed by atoms with Crippen molar-refractivity contribution >= 4 is 29.3 Å². The van der Waals surface area contributed by atoms with Crippen molar-refractivity contribution in [3.8, 4) is 0 Å². The summed E-state index contributed by atoms with van der Waals surface area (Å²) in [7, 11) is 1.53. The number of nitrogens with zero attached hydrogens (tertiary/aromatic N) is 1. The first-order valence-electron chi connectivity index (χ1n) is 6.93. The van der Waals surface area contributed by atoms with Crippen LogP contribution in [0.1, 0.15) is 13.3 Å². The molecule has 0 bridgehead atoms. The van der Waals surface area contributed by atoms with Gasteiger partial charge in [-0.25, -0.2) is 0 Å². The Kier molecular flexibility index (Phi) is 8.76. The molecular weight excluding hydrogens is 310 g/mol. The lowest BCUT2D eigenvalue weighted by Crippen LogP contribution is -2.42. The van der Waals surface area contributed by atoms with Crippen LogP contribution in [0, 0.1) is 0 Å². The summed E-state index contributed by atoms with van der Waals surface area (Å²) in [6.07, 6.45) is 0.193. The Labute approximate surface area is 135 Å². The summed E-state index contributed by atoms with van der Waals surface area (Å²) in [4.78, 5) is 15.0. The second-order valence-electron chi connectivity index (χ2n) is 4.48. The van der Waals surface area contributed by atoms with Crippen LogP contribution in [0.2, 0.25) is 5.02 Å². The van der Waals surface area contributed by atoms with E-state index in [1.807, 2.05) is 31.2 Å². The average molecular weight is 332 g/mol. The first kappa shape index (κ1) is 18.3. The van der Waals surface area contributed by atoms with Gasteiger partial charge in [0.25, 0.3) is 5.91 Å². The van der Waals surface area contributed by atoms with Crippen molar-refractivity contribution in [2.24, 2.45) is 0 Å². The maximum Gasteiger partial charge on any atom is 0.251 e. The van der Waals surface area contributed by atoms with Crippen molar-refractivity contribution < 1.29 is 14.6 Å². The zero-order valence-corrected chi connectivity index (χ0v) is 14.0. The van der Waals surface area contributed by atoms with E-state index in [2.05, 4.69) is 0 Å². The maximum atomic E-state index is 12.2. The number of benzene rings is 1. The number of ether oxygens (including phenoxy) is 1. The van der Waals surface area contributed by atoms with Crippen LogP contribution in [0.5, 0.6) is 0 Å². The highest BCUT2D eigenvalue weighted by Crippen LogP contribution is 2.20. The minimum Gasteiger partial charge on any atom is -0.395 e. The molecule has 0 radical (unpaired) electrons. The van der Waals surface area contributed by atoms with E-state index in [0.717, 1.165) is 10.6 Å². The molecule has 1 rings (SSSR count). The minimum absolute atomic E-state index is 0.0441. The van der Waals surface area contributed by atoms with Gasteiger partial charge in [0.15, 0.2) is 0 Å². The van der Waals surface area contributed by atoms with E-state index in [-0.39, 0.29) is 12.5 Å². The van der Waals surface area contributed by atoms with Gasteiger partial charge in [-0.05, 0) is 30.7 Å². The number of halogens is 1. The number of hydrogen-bond acceptors (Lipinski definition) is 4. The van der Waals surface area contributed by atoms with Crippen LogP contribution in [0.15, 0.2) is 29.2 Å². The molecule has 0 saturated carbocycles. The van der Waals surface area contributed by atoms with E-state index < -0.39 is 6.10 Å². The Balaban J connectivity index is 2.50. The van der Waals surface area contributed by atoms with Gasteiger partial charge in [-0.3, -0.25) is 4.79 Å². The van der Waals surface area contributed by atoms with E-state index in [1.54, 1.807) is 16.7 Å². The highest BCUT2D eigenvalue weighted by Gasteiger charge is 2.21. The highest BCUT2D eigenvalue weighted by molar-refractivity contribution is 7.99. The Morgan fingerprint density at radius 2 is 2.05 bits per heavy atom. The summed E-state index contributed by atoms with van der Waals surface area (Å²) >= 11 is 7.49. The first-order chi connectivity index (χ1) is 10.1. The zero-order chi connectivity index (χ0) is 15.7. The number of rotatable bonds is 9. The number of thioether (sulfide) groups is 1. The predicted molar refractivity (Wildman–Crippen MR) is 86.9 cm³/mol. The van der Waals surface area contributed by atoms with Crippen molar-refractivity contribution in [3.63, 3.8) is 0 Å². The molecule has 0 aliphatic rings. The molecule has 0 aliphatic carbocycles. The van der Waals surface area contributed by atoms with E-state index in [9.17, 15) is 4.79 Å². The second-order valence-corrected chi connectivity index (χ2v) is 6.09. The van der Waals surface area contributed by atoms with Gasteiger partial charge < -0.3 is 14.7 Å². The fourth-order valence-corrected chi connectivity index (χ4v) is 2.91. The topological polar surface area (TPSA) is 49.8 Å². The van der Waals surface area contributed by atoms with Crippen LogP contribution in [0.4, 0.5) is 0 Å². The zero-order valence-electron chi connectivity index (χ0n) is 12.4. The summed E-state index contributed by atoms with van der Waals surface area (Å²) in [6, 6.07) is 7.60. The van der Waals surface area contributed by atoms with Crippen LogP contribution in [-0.2, 0) is 9.53 Å². The van der Waals surface area contributed by atoms with Crippen molar-refractivity contribution in [1.29, 1.82) is 0 Å². The van der Waals surface area contributed by atoms with Crippen molar-refractivity contribution in [3.05, 3.63) is 29.3 Å². The smallest absolute Gasteiger partial charge is 0.251 e. The van der Waals surface area contributed by atoms with E-state index in [0.29, 0.717) is 24.5 Å². The molecule has 0 unspecified atom stereocenters. The molecule has 0 aromatic heterocycles. The molecule has 1 aromatic carbocycles. The number of amides is 1. The first-order valence-corrected chi connectivity index (χ1v) is 8.29. The van der Waals surface area contributed by atoms with Crippen LogP contribution >= 0.6 is 23.4 Å². The maximum absolute atomic E-state index is 12.2. The normalized spacial score (nSPS) is 12.2. The largest absolute Gasteiger partial charge is 0.395 e. The number of aliphatic hydroxyl groups is 1. The van der Waals surface area contributed by atoms with Crippen molar-refractivity contribution in [1.82, 2.24) is 4.90 Å². The van der Waals surface area contributed by atoms with Gasteiger partial charge in [-0.15, -0.1) is 11.8 Å². The molecule has 6 heteroatoms. The lowest BCUT2D eigenvalue weighted by Gasteiger charge is -2.25. The highest BCUT2D eigenvalue weighted by atomic mass is 35.5. The molecule has 1 atom stereocenters. The Morgan fingerprint density at radius 1 is 1.38 bits per heavy atom. The molecule has 118 valence electrons. The lowest BCUT2D eigenvalue weighted by molar-refractivity contribution is -0.142. The Morgan fingerprint density at radius 3 is 2.57 bits per heavy atom. The van der Waals surface area contributed by atoms with E-state index in [4.69, 9.17) is 21.4 Å². The summed E-state index contributed by atoms with van der Waals surface area (Å²) in [5, 5.41) is 9.81. The summed E-state index contributed by atoms with van der Waals surface area (Å²) < 4.78 is 5.17. The van der Waals surface area contributed by atoms with E-state index >= 15 is 0 Å². The average Bonchev–Trinajstić information content (AvgIpc) is 2.49. The second kappa shape index (κ2) is 10.1. The van der Waals surface area contributed by atoms with Crippen molar-refractivity contribution in [2.75, 3.05) is 32.6 Å². The molecule has 0 aliphatic heterocycles. The van der Waals surface area contributed by atoms with Crippen LogP contribution in [-0.4, -0.2) is 54.6 Å².